The summed E-state index contributed by atoms with van der Waals surface area (Å²) in [7, 11) is 0. The normalized spacial score (nSPS) is 20.2. The Kier molecular flexibility index (Phi) is 7.04. The summed E-state index contributed by atoms with van der Waals surface area (Å²) in [4.78, 5) is 11.7. The highest BCUT2D eigenvalue weighted by Crippen LogP contribution is 2.30. The molecule has 1 aromatic carbocycles. The summed E-state index contributed by atoms with van der Waals surface area (Å²) in [6.07, 6.45) is 7.48. The first-order valence-electron chi connectivity index (χ1n) is 9.20. The van der Waals surface area contributed by atoms with Crippen molar-refractivity contribution in [3.05, 3.63) is 41.5 Å². The lowest BCUT2D eigenvalue weighted by Gasteiger charge is -2.19. The lowest BCUT2D eigenvalue weighted by molar-refractivity contribution is -0.147. The number of rotatable bonds is 7. The molecule has 3 heteroatoms. The summed E-state index contributed by atoms with van der Waals surface area (Å²) in [6, 6.07) is 8.73. The number of hydrogen-bond acceptors (Lipinski definition) is 3. The largest absolute Gasteiger partial charge is 0.466 e. The van der Waals surface area contributed by atoms with Crippen LogP contribution in [0, 0.1) is 11.8 Å². The van der Waals surface area contributed by atoms with E-state index < -0.39 is 0 Å². The van der Waals surface area contributed by atoms with Gasteiger partial charge in [0.2, 0.25) is 0 Å². The molecule has 0 saturated heterocycles. The van der Waals surface area contributed by atoms with Gasteiger partial charge >= 0.3 is 5.97 Å². The van der Waals surface area contributed by atoms with Crippen LogP contribution in [0.2, 0.25) is 0 Å². The van der Waals surface area contributed by atoms with Gasteiger partial charge in [0, 0.05) is 6.04 Å². The topological polar surface area (TPSA) is 52.3 Å². The minimum atomic E-state index is -0.151. The SMILES string of the molecule is CCOC(=O)[C@H](C)C[C@H](N)Cc1ccc(C2=CCC(C)CC2)cc1. The predicted octanol–water partition coefficient (Wildman–Crippen LogP) is 4.35. The van der Waals surface area contributed by atoms with E-state index in [1.807, 2.05) is 13.8 Å². The fraction of sp³-hybridized carbons (Fsp3) is 0.571. The Bertz CT molecular complexity index is 562. The van der Waals surface area contributed by atoms with Crippen LogP contribution in [-0.2, 0) is 16.0 Å². The van der Waals surface area contributed by atoms with E-state index >= 15 is 0 Å². The first-order valence-corrected chi connectivity index (χ1v) is 9.20. The first kappa shape index (κ1) is 18.7. The van der Waals surface area contributed by atoms with E-state index in [1.165, 1.54) is 36.0 Å². The van der Waals surface area contributed by atoms with Gasteiger partial charge in [0.25, 0.3) is 0 Å². The van der Waals surface area contributed by atoms with Crippen LogP contribution in [0.5, 0.6) is 0 Å². The molecule has 0 aromatic heterocycles. The van der Waals surface area contributed by atoms with Crippen molar-refractivity contribution in [3.8, 4) is 0 Å². The van der Waals surface area contributed by atoms with Crippen molar-refractivity contribution in [1.29, 1.82) is 0 Å². The molecule has 0 spiro atoms. The highest BCUT2D eigenvalue weighted by Gasteiger charge is 2.18. The third-order valence-electron chi connectivity index (χ3n) is 4.84. The number of benzene rings is 1. The third kappa shape index (κ3) is 5.48. The second-order valence-corrected chi connectivity index (χ2v) is 7.16. The summed E-state index contributed by atoms with van der Waals surface area (Å²) < 4.78 is 5.04. The van der Waals surface area contributed by atoms with Crippen LogP contribution in [0.25, 0.3) is 5.57 Å². The Balaban J connectivity index is 1.88. The Morgan fingerprint density at radius 2 is 2.04 bits per heavy atom. The second kappa shape index (κ2) is 9.03. The summed E-state index contributed by atoms with van der Waals surface area (Å²) in [5, 5.41) is 0. The molecule has 0 saturated carbocycles. The monoisotopic (exact) mass is 329 g/mol. The van der Waals surface area contributed by atoms with Gasteiger partial charge in [0.1, 0.15) is 0 Å². The molecule has 1 unspecified atom stereocenters. The summed E-state index contributed by atoms with van der Waals surface area (Å²) in [6.45, 7) is 6.45. The van der Waals surface area contributed by atoms with Gasteiger partial charge in [0.15, 0.2) is 0 Å². The number of carbonyl (C=O) groups excluding carboxylic acids is 1. The maximum atomic E-state index is 11.7. The highest BCUT2D eigenvalue weighted by atomic mass is 16.5. The smallest absolute Gasteiger partial charge is 0.308 e. The Labute approximate surface area is 146 Å². The fourth-order valence-corrected chi connectivity index (χ4v) is 3.30. The van der Waals surface area contributed by atoms with Crippen molar-refractivity contribution in [2.45, 2.75) is 58.9 Å². The average Bonchev–Trinajstić information content (AvgIpc) is 2.56. The molecular formula is C21H31NO2. The summed E-state index contributed by atoms with van der Waals surface area (Å²) in [5.74, 6) is 0.516. The molecule has 0 radical (unpaired) electrons. The van der Waals surface area contributed by atoms with Crippen molar-refractivity contribution in [2.24, 2.45) is 17.6 Å². The molecule has 1 aliphatic rings. The van der Waals surface area contributed by atoms with Crippen molar-refractivity contribution in [3.63, 3.8) is 0 Å². The van der Waals surface area contributed by atoms with E-state index in [-0.39, 0.29) is 17.9 Å². The number of ether oxygens (including phenoxy) is 1. The Morgan fingerprint density at radius 3 is 2.62 bits per heavy atom. The maximum Gasteiger partial charge on any atom is 0.308 e. The van der Waals surface area contributed by atoms with Crippen LogP contribution in [-0.4, -0.2) is 18.6 Å². The lowest BCUT2D eigenvalue weighted by atomic mass is 9.87. The molecule has 0 bridgehead atoms. The van der Waals surface area contributed by atoms with Crippen molar-refractivity contribution in [2.75, 3.05) is 6.61 Å². The standard InChI is InChI=1S/C21H31NO2/c1-4-24-21(23)16(3)13-20(22)14-17-7-11-19(12-8-17)18-9-5-15(2)6-10-18/h7-9,11-12,15-16,20H,4-6,10,13-14,22H2,1-3H3/t15?,16-,20+/m1/s1. The van der Waals surface area contributed by atoms with E-state index in [0.29, 0.717) is 13.0 Å². The van der Waals surface area contributed by atoms with Crippen LogP contribution in [0.3, 0.4) is 0 Å². The van der Waals surface area contributed by atoms with Gasteiger partial charge in [-0.3, -0.25) is 4.79 Å². The van der Waals surface area contributed by atoms with Gasteiger partial charge in [-0.05, 0) is 61.6 Å². The minimum Gasteiger partial charge on any atom is -0.466 e. The van der Waals surface area contributed by atoms with Crippen LogP contribution >= 0.6 is 0 Å². The molecule has 0 aliphatic heterocycles. The molecule has 132 valence electrons. The maximum absolute atomic E-state index is 11.7. The predicted molar refractivity (Wildman–Crippen MR) is 99.5 cm³/mol. The van der Waals surface area contributed by atoms with E-state index in [1.54, 1.807) is 0 Å². The fourth-order valence-electron chi connectivity index (χ4n) is 3.30. The van der Waals surface area contributed by atoms with Crippen LogP contribution in [0.15, 0.2) is 30.3 Å². The number of carbonyl (C=O) groups is 1. The molecule has 1 aliphatic carbocycles. The second-order valence-electron chi connectivity index (χ2n) is 7.16. The quantitative estimate of drug-likeness (QED) is 0.757. The molecular weight excluding hydrogens is 298 g/mol. The van der Waals surface area contributed by atoms with Crippen molar-refractivity contribution in [1.82, 2.24) is 0 Å². The lowest BCUT2D eigenvalue weighted by Crippen LogP contribution is -2.29. The summed E-state index contributed by atoms with van der Waals surface area (Å²) in [5.41, 5.74) is 10.3. The van der Waals surface area contributed by atoms with Gasteiger partial charge in [-0.2, -0.15) is 0 Å². The van der Waals surface area contributed by atoms with Gasteiger partial charge in [-0.1, -0.05) is 44.2 Å². The van der Waals surface area contributed by atoms with Crippen molar-refractivity contribution >= 4 is 11.5 Å². The van der Waals surface area contributed by atoms with Gasteiger partial charge in [-0.15, -0.1) is 0 Å². The zero-order chi connectivity index (χ0) is 17.5. The van der Waals surface area contributed by atoms with Crippen LogP contribution in [0.4, 0.5) is 0 Å². The van der Waals surface area contributed by atoms with Gasteiger partial charge in [0.05, 0.1) is 12.5 Å². The highest BCUT2D eigenvalue weighted by molar-refractivity contribution is 5.72. The minimum absolute atomic E-state index is 0.0231. The van der Waals surface area contributed by atoms with E-state index in [9.17, 15) is 4.79 Å². The van der Waals surface area contributed by atoms with Gasteiger partial charge in [-0.25, -0.2) is 0 Å². The molecule has 3 nitrogen and oxygen atoms in total. The molecule has 0 heterocycles. The average molecular weight is 329 g/mol. The number of nitrogens with two attached hydrogens (primary N) is 1. The zero-order valence-electron chi connectivity index (χ0n) is 15.3. The molecule has 2 N–H and O–H groups in total. The Morgan fingerprint density at radius 1 is 1.33 bits per heavy atom. The number of allylic oxidation sites excluding steroid dienone is 2. The molecule has 1 aromatic rings. The zero-order valence-corrected chi connectivity index (χ0v) is 15.3. The third-order valence-corrected chi connectivity index (χ3v) is 4.84. The molecule has 0 amide bonds. The number of hydrogen-bond donors (Lipinski definition) is 1. The van der Waals surface area contributed by atoms with Crippen LogP contribution in [0.1, 0.15) is 57.6 Å². The number of esters is 1. The molecule has 2 rings (SSSR count). The van der Waals surface area contributed by atoms with Gasteiger partial charge < -0.3 is 10.5 Å². The van der Waals surface area contributed by atoms with Crippen LogP contribution < -0.4 is 5.73 Å². The summed E-state index contributed by atoms with van der Waals surface area (Å²) >= 11 is 0. The van der Waals surface area contributed by atoms with Crippen molar-refractivity contribution < 1.29 is 9.53 Å². The Hall–Kier alpha value is -1.61. The van der Waals surface area contributed by atoms with E-state index in [2.05, 4.69) is 37.3 Å². The molecule has 24 heavy (non-hydrogen) atoms. The van der Waals surface area contributed by atoms with E-state index in [4.69, 9.17) is 10.5 Å². The van der Waals surface area contributed by atoms with E-state index in [0.717, 1.165) is 12.3 Å². The first-order chi connectivity index (χ1) is 11.5. The molecule has 0 fully saturated rings. The molecule has 3 atom stereocenters.